The van der Waals surface area contributed by atoms with Crippen molar-refractivity contribution in [3.05, 3.63) is 23.8 Å². The lowest BCUT2D eigenvalue weighted by atomic mass is 9.70. The molecule has 0 aliphatic heterocycles. The van der Waals surface area contributed by atoms with E-state index in [4.69, 9.17) is 0 Å². The van der Waals surface area contributed by atoms with E-state index in [2.05, 4.69) is 25.2 Å². The predicted octanol–water partition coefficient (Wildman–Crippen LogP) is 6.68. The van der Waals surface area contributed by atoms with Crippen LogP contribution in [-0.2, 0) is 0 Å². The van der Waals surface area contributed by atoms with Crippen LogP contribution >= 0.6 is 0 Å². The average molecular weight is 287 g/mol. The van der Waals surface area contributed by atoms with Crippen molar-refractivity contribution in [1.82, 2.24) is 0 Å². The first-order chi connectivity index (χ1) is 10.3. The molecule has 2 fully saturated rings. The van der Waals surface area contributed by atoms with Crippen molar-refractivity contribution >= 4 is 0 Å². The Morgan fingerprint density at radius 3 is 2.33 bits per heavy atom. The number of allylic oxidation sites excluding steroid dienone is 4. The second-order valence-corrected chi connectivity index (χ2v) is 8.11. The Kier molecular flexibility index (Phi) is 5.61. The van der Waals surface area contributed by atoms with Gasteiger partial charge in [-0.05, 0) is 55.8 Å². The Hall–Kier alpha value is -0.520. The van der Waals surface area contributed by atoms with Gasteiger partial charge < -0.3 is 0 Å². The van der Waals surface area contributed by atoms with Gasteiger partial charge in [-0.2, -0.15) is 0 Å². The zero-order chi connectivity index (χ0) is 14.5. The Bertz CT molecular complexity index is 361. The van der Waals surface area contributed by atoms with E-state index in [1.807, 2.05) is 0 Å². The Labute approximate surface area is 132 Å². The highest BCUT2D eigenvalue weighted by molar-refractivity contribution is 5.19. The Morgan fingerprint density at radius 2 is 1.62 bits per heavy atom. The minimum Gasteiger partial charge on any atom is -0.0814 e. The largest absolute Gasteiger partial charge is 0.0814 e. The van der Waals surface area contributed by atoms with E-state index in [0.29, 0.717) is 0 Å². The zero-order valence-electron chi connectivity index (χ0n) is 14.0. The topological polar surface area (TPSA) is 0 Å². The summed E-state index contributed by atoms with van der Waals surface area (Å²) in [6.45, 7) is 2.35. The molecule has 21 heavy (non-hydrogen) atoms. The second-order valence-electron chi connectivity index (χ2n) is 8.11. The van der Waals surface area contributed by atoms with E-state index < -0.39 is 0 Å². The molecule has 0 nitrogen and oxygen atoms in total. The first kappa shape index (κ1) is 15.4. The van der Waals surface area contributed by atoms with Crippen LogP contribution in [0.4, 0.5) is 0 Å². The van der Waals surface area contributed by atoms with Crippen LogP contribution in [0.25, 0.3) is 0 Å². The molecule has 1 unspecified atom stereocenters. The number of rotatable bonds is 4. The van der Waals surface area contributed by atoms with Crippen LogP contribution in [0.3, 0.4) is 0 Å². The van der Waals surface area contributed by atoms with Crippen LogP contribution < -0.4 is 0 Å². The van der Waals surface area contributed by atoms with E-state index in [1.165, 1.54) is 51.4 Å². The maximum absolute atomic E-state index is 2.38. The van der Waals surface area contributed by atoms with Crippen molar-refractivity contribution in [2.45, 2.75) is 84.0 Å². The van der Waals surface area contributed by atoms with Crippen molar-refractivity contribution in [2.24, 2.45) is 23.7 Å². The molecule has 0 bridgehead atoms. The molecule has 0 radical (unpaired) electrons. The quantitative estimate of drug-likeness (QED) is 0.541. The second kappa shape index (κ2) is 7.65. The van der Waals surface area contributed by atoms with Crippen molar-refractivity contribution in [2.75, 3.05) is 0 Å². The predicted molar refractivity (Wildman–Crippen MR) is 92.3 cm³/mol. The van der Waals surface area contributed by atoms with E-state index in [0.717, 1.165) is 23.7 Å². The molecule has 2 saturated carbocycles. The molecule has 0 N–H and O–H groups in total. The molecule has 118 valence electrons. The molecule has 0 spiro atoms. The van der Waals surface area contributed by atoms with Gasteiger partial charge in [0.2, 0.25) is 0 Å². The summed E-state index contributed by atoms with van der Waals surface area (Å²) >= 11 is 0. The summed E-state index contributed by atoms with van der Waals surface area (Å²) in [4.78, 5) is 0. The monoisotopic (exact) mass is 286 g/mol. The van der Waals surface area contributed by atoms with Gasteiger partial charge in [-0.15, -0.1) is 0 Å². The third-order valence-corrected chi connectivity index (χ3v) is 6.44. The van der Waals surface area contributed by atoms with Crippen LogP contribution in [-0.4, -0.2) is 0 Å². The van der Waals surface area contributed by atoms with Gasteiger partial charge in [0.15, 0.2) is 0 Å². The van der Waals surface area contributed by atoms with E-state index in [1.54, 1.807) is 31.3 Å². The third-order valence-electron chi connectivity index (χ3n) is 6.44. The van der Waals surface area contributed by atoms with Gasteiger partial charge in [0, 0.05) is 0 Å². The highest BCUT2D eigenvalue weighted by Crippen LogP contribution is 2.41. The van der Waals surface area contributed by atoms with E-state index in [9.17, 15) is 0 Å². The molecule has 0 saturated heterocycles. The molecule has 0 aromatic heterocycles. The van der Waals surface area contributed by atoms with Gasteiger partial charge in [-0.1, -0.05) is 75.7 Å². The highest BCUT2D eigenvalue weighted by Gasteiger charge is 2.28. The fourth-order valence-electron chi connectivity index (χ4n) is 5.06. The van der Waals surface area contributed by atoms with Crippen LogP contribution in [0, 0.1) is 23.7 Å². The standard InChI is InChI=1S/C21H34/c1-17-6-5-7-19(16-17)11-10-18-12-14-21(15-13-18)20-8-3-2-4-9-20/h5-7,17-18,20-21H,2-4,8-16H2,1H3. The molecule has 0 heterocycles. The van der Waals surface area contributed by atoms with Crippen LogP contribution in [0.1, 0.15) is 84.0 Å². The number of hydrogen-bond donors (Lipinski definition) is 0. The highest BCUT2D eigenvalue weighted by atomic mass is 14.3. The summed E-state index contributed by atoms with van der Waals surface area (Å²) in [5, 5.41) is 0. The molecule has 0 aromatic carbocycles. The summed E-state index contributed by atoms with van der Waals surface area (Å²) in [6, 6.07) is 0. The molecule has 3 aliphatic rings. The maximum atomic E-state index is 2.38. The molecule has 0 amide bonds. The summed E-state index contributed by atoms with van der Waals surface area (Å²) in [5.74, 6) is 4.00. The van der Waals surface area contributed by atoms with Crippen LogP contribution in [0.15, 0.2) is 23.8 Å². The smallest absolute Gasteiger partial charge is 0.0221 e. The third kappa shape index (κ3) is 4.47. The minimum absolute atomic E-state index is 0.770. The molecule has 0 aromatic rings. The van der Waals surface area contributed by atoms with E-state index >= 15 is 0 Å². The summed E-state index contributed by atoms with van der Waals surface area (Å²) in [5.41, 5.74) is 1.71. The maximum Gasteiger partial charge on any atom is -0.0221 e. The van der Waals surface area contributed by atoms with Crippen molar-refractivity contribution < 1.29 is 0 Å². The van der Waals surface area contributed by atoms with Crippen LogP contribution in [0.2, 0.25) is 0 Å². The summed E-state index contributed by atoms with van der Waals surface area (Å²) in [7, 11) is 0. The minimum atomic E-state index is 0.770. The Morgan fingerprint density at radius 1 is 0.905 bits per heavy atom. The normalized spacial score (nSPS) is 34.7. The van der Waals surface area contributed by atoms with Gasteiger partial charge in [-0.3, -0.25) is 0 Å². The average Bonchev–Trinajstić information content (AvgIpc) is 2.54. The van der Waals surface area contributed by atoms with Gasteiger partial charge in [-0.25, -0.2) is 0 Å². The first-order valence-corrected chi connectivity index (χ1v) is 9.67. The molecular formula is C21H34. The van der Waals surface area contributed by atoms with Crippen LogP contribution in [0.5, 0.6) is 0 Å². The molecule has 1 atom stereocenters. The lowest BCUT2D eigenvalue weighted by molar-refractivity contribution is 0.163. The lowest BCUT2D eigenvalue weighted by Crippen LogP contribution is -2.23. The Balaban J connectivity index is 1.37. The van der Waals surface area contributed by atoms with Gasteiger partial charge >= 0.3 is 0 Å². The summed E-state index contributed by atoms with van der Waals surface area (Å²) in [6.07, 6.45) is 24.9. The fourth-order valence-corrected chi connectivity index (χ4v) is 5.06. The van der Waals surface area contributed by atoms with Crippen molar-refractivity contribution in [3.8, 4) is 0 Å². The first-order valence-electron chi connectivity index (χ1n) is 9.67. The fraction of sp³-hybridized carbons (Fsp3) is 0.810. The summed E-state index contributed by atoms with van der Waals surface area (Å²) < 4.78 is 0. The van der Waals surface area contributed by atoms with E-state index in [-0.39, 0.29) is 0 Å². The van der Waals surface area contributed by atoms with Gasteiger partial charge in [0.05, 0.1) is 0 Å². The molecule has 0 heteroatoms. The number of hydrogen-bond acceptors (Lipinski definition) is 0. The van der Waals surface area contributed by atoms with Crippen molar-refractivity contribution in [1.29, 1.82) is 0 Å². The van der Waals surface area contributed by atoms with Gasteiger partial charge in [0.1, 0.15) is 0 Å². The van der Waals surface area contributed by atoms with Gasteiger partial charge in [0.25, 0.3) is 0 Å². The molecule has 3 aliphatic carbocycles. The zero-order valence-corrected chi connectivity index (χ0v) is 14.0. The van der Waals surface area contributed by atoms with Crippen molar-refractivity contribution in [3.63, 3.8) is 0 Å². The SMILES string of the molecule is CC1C=CC=C(CCC2CCC(C3CCCCC3)CC2)C1. The lowest BCUT2D eigenvalue weighted by Gasteiger charge is -2.36. The molecule has 3 rings (SSSR count). The molecular weight excluding hydrogens is 252 g/mol.